The van der Waals surface area contributed by atoms with Crippen LogP contribution in [0.25, 0.3) is 0 Å². The Morgan fingerprint density at radius 2 is 1.57 bits per heavy atom. The monoisotopic (exact) mass is 439 g/mol. The summed E-state index contributed by atoms with van der Waals surface area (Å²) < 4.78 is 2.16. The van der Waals surface area contributed by atoms with E-state index in [4.69, 9.17) is 0 Å². The SMILES string of the molecule is O=C(CN=Cc1ccccc1)Nc1ccc([Se]c2ccc([N+](=O)[O-])cc2)cc1. The van der Waals surface area contributed by atoms with Crippen LogP contribution in [0.15, 0.2) is 83.9 Å². The molecule has 140 valence electrons. The zero-order chi connectivity index (χ0) is 19.8. The number of hydrogen-bond acceptors (Lipinski definition) is 4. The molecule has 7 heteroatoms. The molecule has 0 atom stereocenters. The van der Waals surface area contributed by atoms with Crippen LogP contribution in [-0.4, -0.2) is 38.5 Å². The molecule has 1 N–H and O–H groups in total. The van der Waals surface area contributed by atoms with Gasteiger partial charge in [-0.05, 0) is 0 Å². The summed E-state index contributed by atoms with van der Waals surface area (Å²) >= 11 is 0.0393. The number of anilines is 1. The molecule has 0 aliphatic carbocycles. The van der Waals surface area contributed by atoms with E-state index in [9.17, 15) is 14.9 Å². The van der Waals surface area contributed by atoms with Crippen LogP contribution in [0.3, 0.4) is 0 Å². The molecule has 1 amide bonds. The second kappa shape index (κ2) is 9.60. The van der Waals surface area contributed by atoms with Crippen LogP contribution in [-0.2, 0) is 4.79 Å². The molecule has 3 rings (SSSR count). The minimum absolute atomic E-state index is 0.0393. The summed E-state index contributed by atoms with van der Waals surface area (Å²) in [6, 6.07) is 23.8. The van der Waals surface area contributed by atoms with E-state index in [0.29, 0.717) is 5.69 Å². The molecule has 0 heterocycles. The van der Waals surface area contributed by atoms with E-state index in [1.165, 1.54) is 12.1 Å². The number of benzene rings is 3. The van der Waals surface area contributed by atoms with Crippen LogP contribution < -0.4 is 14.2 Å². The number of rotatable bonds is 7. The molecule has 0 fully saturated rings. The van der Waals surface area contributed by atoms with E-state index in [1.54, 1.807) is 18.3 Å². The molecule has 0 aliphatic rings. The molecule has 3 aromatic rings. The fourth-order valence-electron chi connectivity index (χ4n) is 2.35. The third-order valence-corrected chi connectivity index (χ3v) is 5.83. The van der Waals surface area contributed by atoms with Gasteiger partial charge in [0.25, 0.3) is 0 Å². The Balaban J connectivity index is 1.51. The van der Waals surface area contributed by atoms with Crippen molar-refractivity contribution >= 4 is 47.4 Å². The molecule has 3 aromatic carbocycles. The summed E-state index contributed by atoms with van der Waals surface area (Å²) in [6.07, 6.45) is 1.68. The van der Waals surface area contributed by atoms with Crippen molar-refractivity contribution in [2.24, 2.45) is 4.99 Å². The molecule has 6 nitrogen and oxygen atoms in total. The Labute approximate surface area is 168 Å². The fourth-order valence-corrected chi connectivity index (χ4v) is 4.06. The molecule has 0 saturated heterocycles. The van der Waals surface area contributed by atoms with Crippen LogP contribution in [0.1, 0.15) is 5.56 Å². The first-order valence-electron chi connectivity index (χ1n) is 8.47. The van der Waals surface area contributed by atoms with Crippen molar-refractivity contribution in [2.75, 3.05) is 11.9 Å². The molecule has 0 spiro atoms. The number of non-ortho nitro benzene ring substituents is 1. The van der Waals surface area contributed by atoms with E-state index in [1.807, 2.05) is 54.6 Å². The maximum atomic E-state index is 12.0. The second-order valence-corrected chi connectivity index (χ2v) is 8.21. The number of carbonyl (C=O) groups is 1. The third kappa shape index (κ3) is 5.87. The molecule has 0 aliphatic heterocycles. The van der Waals surface area contributed by atoms with Gasteiger partial charge in [0.2, 0.25) is 0 Å². The number of nitrogens with one attached hydrogen (secondary N) is 1. The summed E-state index contributed by atoms with van der Waals surface area (Å²) in [4.78, 5) is 26.4. The molecule has 0 radical (unpaired) electrons. The predicted octanol–water partition coefficient (Wildman–Crippen LogP) is 2.31. The van der Waals surface area contributed by atoms with Gasteiger partial charge in [-0.15, -0.1) is 0 Å². The topological polar surface area (TPSA) is 84.6 Å². The van der Waals surface area contributed by atoms with Gasteiger partial charge in [-0.2, -0.15) is 0 Å². The van der Waals surface area contributed by atoms with Gasteiger partial charge in [-0.3, -0.25) is 0 Å². The fraction of sp³-hybridized carbons (Fsp3) is 0.0476. The number of carbonyl (C=O) groups excluding carboxylic acids is 1. The standard InChI is InChI=1S/C21H17N3O3Se/c25-21(15-22-14-16-4-2-1-3-5-16)23-17-6-10-19(11-7-17)28-20-12-8-18(9-13-20)24(26)27/h1-14H,15H2,(H,23,25). The van der Waals surface area contributed by atoms with Crippen molar-refractivity contribution in [3.63, 3.8) is 0 Å². The number of amides is 1. The normalized spacial score (nSPS) is 10.7. The van der Waals surface area contributed by atoms with Crippen molar-refractivity contribution < 1.29 is 9.72 Å². The maximum absolute atomic E-state index is 12.0. The van der Waals surface area contributed by atoms with Gasteiger partial charge < -0.3 is 0 Å². The first-order chi connectivity index (χ1) is 13.6. The van der Waals surface area contributed by atoms with E-state index in [-0.39, 0.29) is 33.1 Å². The average molecular weight is 438 g/mol. The molecule has 28 heavy (non-hydrogen) atoms. The van der Waals surface area contributed by atoms with Crippen molar-refractivity contribution in [3.8, 4) is 0 Å². The van der Waals surface area contributed by atoms with Crippen molar-refractivity contribution in [1.82, 2.24) is 0 Å². The van der Waals surface area contributed by atoms with Crippen molar-refractivity contribution in [3.05, 3.63) is 94.5 Å². The van der Waals surface area contributed by atoms with Gasteiger partial charge in [-0.25, -0.2) is 0 Å². The third-order valence-electron chi connectivity index (χ3n) is 3.70. The number of nitrogens with zero attached hydrogens (tertiary/aromatic N) is 2. The molecular formula is C21H17N3O3Se. The van der Waals surface area contributed by atoms with Gasteiger partial charge in [0.15, 0.2) is 0 Å². The molecule has 0 bridgehead atoms. The zero-order valence-electron chi connectivity index (χ0n) is 14.8. The van der Waals surface area contributed by atoms with Gasteiger partial charge in [0.05, 0.1) is 0 Å². The minimum atomic E-state index is -0.405. The Kier molecular flexibility index (Phi) is 6.68. The Hall–Kier alpha value is -3.28. The number of aliphatic imine (C=N–C) groups is 1. The number of nitro benzene ring substituents is 1. The van der Waals surface area contributed by atoms with Gasteiger partial charge in [0, 0.05) is 0 Å². The van der Waals surface area contributed by atoms with E-state index in [2.05, 4.69) is 10.3 Å². The van der Waals surface area contributed by atoms with E-state index < -0.39 is 4.92 Å². The van der Waals surface area contributed by atoms with Crippen LogP contribution in [0.5, 0.6) is 0 Å². The first-order valence-corrected chi connectivity index (χ1v) is 10.2. The van der Waals surface area contributed by atoms with Crippen LogP contribution in [0.2, 0.25) is 0 Å². The summed E-state index contributed by atoms with van der Waals surface area (Å²) in [5.74, 6) is -0.180. The quantitative estimate of drug-likeness (QED) is 0.266. The Morgan fingerprint density at radius 1 is 0.964 bits per heavy atom. The summed E-state index contributed by atoms with van der Waals surface area (Å²) in [6.45, 7) is 0.0589. The number of nitro groups is 1. The number of hydrogen-bond donors (Lipinski definition) is 1. The summed E-state index contributed by atoms with van der Waals surface area (Å²) in [5.41, 5.74) is 1.75. The van der Waals surface area contributed by atoms with E-state index >= 15 is 0 Å². The van der Waals surface area contributed by atoms with Crippen LogP contribution in [0.4, 0.5) is 11.4 Å². The van der Waals surface area contributed by atoms with Crippen LogP contribution in [0, 0.1) is 10.1 Å². The summed E-state index contributed by atoms with van der Waals surface area (Å²) in [7, 11) is 0. The first kappa shape index (κ1) is 19.5. The van der Waals surface area contributed by atoms with E-state index in [0.717, 1.165) is 14.5 Å². The second-order valence-electron chi connectivity index (χ2n) is 5.81. The molecule has 0 unspecified atom stereocenters. The predicted molar refractivity (Wildman–Crippen MR) is 112 cm³/mol. The van der Waals surface area contributed by atoms with Gasteiger partial charge in [0.1, 0.15) is 0 Å². The average Bonchev–Trinajstić information content (AvgIpc) is 2.71. The zero-order valence-corrected chi connectivity index (χ0v) is 16.5. The molecule has 0 saturated carbocycles. The van der Waals surface area contributed by atoms with Crippen LogP contribution >= 0.6 is 0 Å². The molecular weight excluding hydrogens is 421 g/mol. The van der Waals surface area contributed by atoms with Gasteiger partial charge >= 0.3 is 162 Å². The van der Waals surface area contributed by atoms with Gasteiger partial charge in [-0.1, -0.05) is 6.07 Å². The Morgan fingerprint density at radius 3 is 2.18 bits per heavy atom. The van der Waals surface area contributed by atoms with Crippen molar-refractivity contribution in [1.29, 1.82) is 0 Å². The summed E-state index contributed by atoms with van der Waals surface area (Å²) in [5, 5.41) is 13.5. The molecule has 0 aromatic heterocycles. The Bertz CT molecular complexity index is 972. The van der Waals surface area contributed by atoms with Crippen molar-refractivity contribution in [2.45, 2.75) is 0 Å².